The quantitative estimate of drug-likeness (QED) is 0.812. The fraction of sp³-hybridized carbons (Fsp3) is 0.391. The second-order valence-corrected chi connectivity index (χ2v) is 8.13. The molecule has 2 unspecified atom stereocenters. The summed E-state index contributed by atoms with van der Waals surface area (Å²) >= 11 is 6.24. The van der Waals surface area contributed by atoms with Gasteiger partial charge in [0.15, 0.2) is 0 Å². The van der Waals surface area contributed by atoms with Crippen LogP contribution in [0.4, 0.5) is 0 Å². The molecule has 3 rings (SSSR count). The maximum atomic E-state index is 12.9. The molecule has 4 nitrogen and oxygen atoms in total. The van der Waals surface area contributed by atoms with Gasteiger partial charge in [0.2, 0.25) is 5.91 Å². The van der Waals surface area contributed by atoms with Crippen molar-refractivity contribution in [3.8, 4) is 0 Å². The smallest absolute Gasteiger partial charge is 0.253 e. The molecule has 1 fully saturated rings. The maximum absolute atomic E-state index is 12.9. The molecule has 148 valence electrons. The molecule has 1 N–H and O–H groups in total. The third-order valence-electron chi connectivity index (χ3n) is 5.28. The number of hydrogen-bond donors (Lipinski definition) is 1. The van der Waals surface area contributed by atoms with E-state index in [2.05, 4.69) is 11.4 Å². The lowest BCUT2D eigenvalue weighted by molar-refractivity contribution is -0.127. The van der Waals surface area contributed by atoms with Crippen molar-refractivity contribution in [2.24, 2.45) is 5.92 Å². The zero-order valence-corrected chi connectivity index (χ0v) is 17.4. The van der Waals surface area contributed by atoms with E-state index < -0.39 is 0 Å². The Kier molecular flexibility index (Phi) is 6.40. The molecule has 1 aliphatic heterocycles. The number of halogens is 1. The highest BCUT2D eigenvalue weighted by atomic mass is 35.5. The van der Waals surface area contributed by atoms with Gasteiger partial charge in [-0.05, 0) is 57.4 Å². The number of nitrogens with zero attached hydrogens (tertiary/aromatic N) is 1. The zero-order chi connectivity index (χ0) is 20.3. The number of benzene rings is 2. The summed E-state index contributed by atoms with van der Waals surface area (Å²) in [5.41, 5.74) is 3.74. The van der Waals surface area contributed by atoms with Gasteiger partial charge >= 0.3 is 0 Å². The van der Waals surface area contributed by atoms with E-state index >= 15 is 0 Å². The van der Waals surface area contributed by atoms with Gasteiger partial charge in [-0.15, -0.1) is 0 Å². The molecule has 0 spiro atoms. The van der Waals surface area contributed by atoms with E-state index in [0.29, 0.717) is 23.7 Å². The number of hydrogen-bond acceptors (Lipinski definition) is 2. The maximum Gasteiger partial charge on any atom is 0.253 e. The van der Waals surface area contributed by atoms with Crippen molar-refractivity contribution in [2.45, 2.75) is 39.7 Å². The van der Waals surface area contributed by atoms with Gasteiger partial charge in [0.05, 0.1) is 12.0 Å². The van der Waals surface area contributed by atoms with Gasteiger partial charge in [0.25, 0.3) is 5.91 Å². The van der Waals surface area contributed by atoms with Gasteiger partial charge in [-0.25, -0.2) is 0 Å². The van der Waals surface area contributed by atoms with Crippen molar-refractivity contribution in [3.63, 3.8) is 0 Å². The van der Waals surface area contributed by atoms with Gasteiger partial charge < -0.3 is 10.2 Å². The van der Waals surface area contributed by atoms with Crippen molar-refractivity contribution in [3.05, 3.63) is 69.7 Å². The minimum Gasteiger partial charge on any atom is -0.349 e. The molecule has 2 atom stereocenters. The predicted octanol–water partition coefficient (Wildman–Crippen LogP) is 4.69. The highest BCUT2D eigenvalue weighted by molar-refractivity contribution is 6.31. The number of piperidine rings is 1. The SMILES string of the molecule is Cc1cc(C)cc(C(=O)N2CCCC(C(=O)NC(C)c3ccccc3Cl)C2)c1. The van der Waals surface area contributed by atoms with Crippen LogP contribution in [0.2, 0.25) is 5.02 Å². The van der Waals surface area contributed by atoms with E-state index in [9.17, 15) is 9.59 Å². The molecule has 5 heteroatoms. The summed E-state index contributed by atoms with van der Waals surface area (Å²) in [6.07, 6.45) is 1.62. The van der Waals surface area contributed by atoms with Crippen LogP contribution in [0.25, 0.3) is 0 Å². The molecule has 0 bridgehead atoms. The minimum atomic E-state index is -0.200. The number of likely N-dealkylation sites (tertiary alicyclic amines) is 1. The standard InChI is InChI=1S/C23H27ClN2O2/c1-15-11-16(2)13-19(12-15)23(28)26-10-6-7-18(14-26)22(27)25-17(3)20-8-4-5-9-21(20)24/h4-5,8-9,11-13,17-18H,6-7,10,14H2,1-3H3,(H,25,27). The fourth-order valence-corrected chi connectivity index (χ4v) is 4.19. The molecule has 2 aromatic carbocycles. The summed E-state index contributed by atoms with van der Waals surface area (Å²) in [6.45, 7) is 7.06. The second kappa shape index (κ2) is 8.78. The molecule has 0 radical (unpaired) electrons. The number of carbonyl (C=O) groups excluding carboxylic acids is 2. The largest absolute Gasteiger partial charge is 0.349 e. The van der Waals surface area contributed by atoms with E-state index in [0.717, 1.165) is 29.5 Å². The zero-order valence-electron chi connectivity index (χ0n) is 16.7. The van der Waals surface area contributed by atoms with Crippen molar-refractivity contribution in [1.29, 1.82) is 0 Å². The predicted molar refractivity (Wildman–Crippen MR) is 113 cm³/mol. The number of carbonyl (C=O) groups is 2. The Labute approximate surface area is 171 Å². The van der Waals surface area contributed by atoms with E-state index in [1.807, 2.05) is 62.1 Å². The number of amides is 2. The Balaban J connectivity index is 1.66. The monoisotopic (exact) mass is 398 g/mol. The number of rotatable bonds is 4. The topological polar surface area (TPSA) is 49.4 Å². The molecule has 2 amide bonds. The van der Waals surface area contributed by atoms with Crippen LogP contribution in [0.15, 0.2) is 42.5 Å². The van der Waals surface area contributed by atoms with E-state index in [4.69, 9.17) is 11.6 Å². The van der Waals surface area contributed by atoms with Crippen molar-refractivity contribution >= 4 is 23.4 Å². The summed E-state index contributed by atoms with van der Waals surface area (Å²) in [4.78, 5) is 27.6. The highest BCUT2D eigenvalue weighted by Gasteiger charge is 2.30. The summed E-state index contributed by atoms with van der Waals surface area (Å²) in [5.74, 6) is -0.220. The van der Waals surface area contributed by atoms with Gasteiger partial charge in [0.1, 0.15) is 0 Å². The van der Waals surface area contributed by atoms with Crippen LogP contribution in [-0.4, -0.2) is 29.8 Å². The van der Waals surface area contributed by atoms with Crippen molar-refractivity contribution in [2.75, 3.05) is 13.1 Å². The lowest BCUT2D eigenvalue weighted by Crippen LogP contribution is -2.45. The lowest BCUT2D eigenvalue weighted by Gasteiger charge is -2.33. The summed E-state index contributed by atoms with van der Waals surface area (Å²) in [5, 5.41) is 3.71. The van der Waals surface area contributed by atoms with Gasteiger partial charge in [-0.2, -0.15) is 0 Å². The van der Waals surface area contributed by atoms with Crippen LogP contribution >= 0.6 is 11.6 Å². The third-order valence-corrected chi connectivity index (χ3v) is 5.62. The lowest BCUT2D eigenvalue weighted by atomic mass is 9.95. The fourth-order valence-electron chi connectivity index (χ4n) is 3.89. The first-order valence-corrected chi connectivity index (χ1v) is 10.2. The summed E-state index contributed by atoms with van der Waals surface area (Å²) in [7, 11) is 0. The first kappa shape index (κ1) is 20.4. The molecular weight excluding hydrogens is 372 g/mol. The molecule has 0 saturated carbocycles. The van der Waals surface area contributed by atoms with Gasteiger partial charge in [-0.3, -0.25) is 9.59 Å². The number of nitrogens with one attached hydrogen (secondary N) is 1. The van der Waals surface area contributed by atoms with Gasteiger partial charge in [0, 0.05) is 23.7 Å². The van der Waals surface area contributed by atoms with Crippen LogP contribution in [0.3, 0.4) is 0 Å². The normalized spacial score (nSPS) is 17.9. The Hall–Kier alpha value is -2.33. The first-order valence-electron chi connectivity index (χ1n) is 9.77. The summed E-state index contributed by atoms with van der Waals surface area (Å²) in [6, 6.07) is 13.2. The van der Waals surface area contributed by atoms with Crippen LogP contribution in [0.5, 0.6) is 0 Å². The van der Waals surface area contributed by atoms with Crippen molar-refractivity contribution in [1.82, 2.24) is 10.2 Å². The molecule has 0 aliphatic carbocycles. The first-order chi connectivity index (χ1) is 13.3. The highest BCUT2D eigenvalue weighted by Crippen LogP contribution is 2.24. The number of aryl methyl sites for hydroxylation is 2. The minimum absolute atomic E-state index is 0.00320. The van der Waals surface area contributed by atoms with Crippen LogP contribution in [0, 0.1) is 19.8 Å². The van der Waals surface area contributed by atoms with Crippen LogP contribution in [0.1, 0.15) is 52.9 Å². The average Bonchev–Trinajstić information content (AvgIpc) is 2.67. The second-order valence-electron chi connectivity index (χ2n) is 7.72. The molecule has 1 heterocycles. The average molecular weight is 399 g/mol. The Morgan fingerprint density at radius 1 is 1.14 bits per heavy atom. The van der Waals surface area contributed by atoms with Crippen LogP contribution in [-0.2, 0) is 4.79 Å². The van der Waals surface area contributed by atoms with Gasteiger partial charge in [-0.1, -0.05) is 47.0 Å². The molecule has 1 aliphatic rings. The Morgan fingerprint density at radius 2 is 1.82 bits per heavy atom. The molecule has 2 aromatic rings. The summed E-state index contributed by atoms with van der Waals surface area (Å²) < 4.78 is 0. The van der Waals surface area contributed by atoms with Crippen LogP contribution < -0.4 is 5.32 Å². The van der Waals surface area contributed by atoms with E-state index in [1.165, 1.54) is 0 Å². The molecule has 28 heavy (non-hydrogen) atoms. The molecule has 0 aromatic heterocycles. The third kappa shape index (κ3) is 4.74. The molecule has 1 saturated heterocycles. The molecular formula is C23H27ClN2O2. The van der Waals surface area contributed by atoms with Crippen molar-refractivity contribution < 1.29 is 9.59 Å². The Morgan fingerprint density at radius 3 is 2.50 bits per heavy atom. The van der Waals surface area contributed by atoms with E-state index in [1.54, 1.807) is 0 Å². The Bertz CT molecular complexity index is 860. The van der Waals surface area contributed by atoms with E-state index in [-0.39, 0.29) is 23.8 Å².